The van der Waals surface area contributed by atoms with Crippen molar-refractivity contribution in [3.63, 3.8) is 0 Å². The Morgan fingerprint density at radius 1 is 1.04 bits per heavy atom. The van der Waals surface area contributed by atoms with Crippen molar-refractivity contribution in [3.05, 3.63) is 59.7 Å². The Morgan fingerprint density at radius 3 is 2.41 bits per heavy atom. The van der Waals surface area contributed by atoms with Crippen molar-refractivity contribution in [3.8, 4) is 5.75 Å². The molecule has 0 atom stereocenters. The number of hydrogen-bond acceptors (Lipinski definition) is 4. The molecule has 2 aromatic rings. The molecule has 0 spiro atoms. The van der Waals surface area contributed by atoms with Gasteiger partial charge in [-0.3, -0.25) is 4.99 Å². The Balaban J connectivity index is 1.48. The van der Waals surface area contributed by atoms with E-state index in [-0.39, 0.29) is 0 Å². The van der Waals surface area contributed by atoms with Gasteiger partial charge in [0.15, 0.2) is 5.96 Å². The van der Waals surface area contributed by atoms with Gasteiger partial charge in [-0.25, -0.2) is 0 Å². The summed E-state index contributed by atoms with van der Waals surface area (Å²) in [5.74, 6) is 4.09. The summed E-state index contributed by atoms with van der Waals surface area (Å²) in [7, 11) is 3.47. The second-order valence-corrected chi connectivity index (χ2v) is 7.62. The molecule has 2 N–H and O–H groups in total. The normalized spacial score (nSPS) is 14.7. The molecule has 0 amide bonds. The average Bonchev–Trinajstić information content (AvgIpc) is 2.75. The van der Waals surface area contributed by atoms with Crippen LogP contribution in [0.3, 0.4) is 0 Å². The lowest BCUT2D eigenvalue weighted by Gasteiger charge is -2.28. The number of anilines is 1. The van der Waals surface area contributed by atoms with Crippen molar-refractivity contribution < 1.29 is 4.74 Å². The number of ether oxygens (including phenoxy) is 1. The molecular weight excluding hydrogens is 356 g/mol. The molecule has 0 aromatic heterocycles. The fraction of sp³-hybridized carbons (Fsp3) is 0.381. The first-order valence-corrected chi connectivity index (χ1v) is 10.4. The molecule has 1 fully saturated rings. The zero-order chi connectivity index (χ0) is 18.9. The Hall–Kier alpha value is -2.34. The van der Waals surface area contributed by atoms with Crippen molar-refractivity contribution in [1.29, 1.82) is 0 Å². The zero-order valence-corrected chi connectivity index (χ0v) is 16.9. The van der Waals surface area contributed by atoms with Gasteiger partial charge in [0.05, 0.1) is 7.11 Å². The molecule has 0 bridgehead atoms. The fourth-order valence-corrected chi connectivity index (χ4v) is 3.92. The molecule has 144 valence electrons. The van der Waals surface area contributed by atoms with Crippen LogP contribution in [0.25, 0.3) is 0 Å². The SMILES string of the molecule is CN=C(NCc1ccc(N2CCSCC2)cc1)NCc1cccc(OC)c1. The number of nitrogens with zero attached hydrogens (tertiary/aromatic N) is 2. The van der Waals surface area contributed by atoms with E-state index >= 15 is 0 Å². The number of methoxy groups -OCH3 is 1. The third-order valence-corrected chi connectivity index (χ3v) is 5.53. The standard InChI is InChI=1S/C21H28N4OS/c1-22-21(24-16-18-4-3-5-20(14-18)26-2)23-15-17-6-8-19(9-7-17)25-10-12-27-13-11-25/h3-9,14H,10-13,15-16H2,1-2H3,(H2,22,23,24). The van der Waals surface area contributed by atoms with Gasteiger partial charge in [0.1, 0.15) is 5.75 Å². The van der Waals surface area contributed by atoms with Gasteiger partial charge in [0.2, 0.25) is 0 Å². The number of benzene rings is 2. The number of guanidine groups is 1. The summed E-state index contributed by atoms with van der Waals surface area (Å²) in [5.41, 5.74) is 3.72. The topological polar surface area (TPSA) is 48.9 Å². The Morgan fingerprint density at radius 2 is 1.74 bits per heavy atom. The minimum absolute atomic E-state index is 0.697. The van der Waals surface area contributed by atoms with E-state index in [0.29, 0.717) is 6.54 Å². The van der Waals surface area contributed by atoms with Crippen molar-refractivity contribution in [2.45, 2.75) is 13.1 Å². The maximum Gasteiger partial charge on any atom is 0.191 e. The lowest BCUT2D eigenvalue weighted by molar-refractivity contribution is 0.414. The third-order valence-electron chi connectivity index (χ3n) is 4.59. The van der Waals surface area contributed by atoms with E-state index in [0.717, 1.165) is 36.9 Å². The first-order chi connectivity index (χ1) is 13.3. The number of thioether (sulfide) groups is 1. The lowest BCUT2D eigenvalue weighted by Crippen LogP contribution is -2.36. The molecular formula is C21H28N4OS. The highest BCUT2D eigenvalue weighted by atomic mass is 32.2. The molecule has 1 aliphatic rings. The molecule has 6 heteroatoms. The number of aliphatic imine (C=N–C) groups is 1. The van der Waals surface area contributed by atoms with Crippen LogP contribution in [0.5, 0.6) is 5.75 Å². The molecule has 1 aliphatic heterocycles. The van der Waals surface area contributed by atoms with Gasteiger partial charge in [-0.05, 0) is 35.4 Å². The third kappa shape index (κ3) is 5.82. The van der Waals surface area contributed by atoms with E-state index in [4.69, 9.17) is 4.74 Å². The molecule has 3 rings (SSSR count). The van der Waals surface area contributed by atoms with E-state index in [1.165, 1.54) is 22.8 Å². The summed E-state index contributed by atoms with van der Waals surface area (Å²) in [5, 5.41) is 6.72. The number of nitrogens with one attached hydrogen (secondary N) is 2. The largest absolute Gasteiger partial charge is 0.497 e. The minimum atomic E-state index is 0.697. The van der Waals surface area contributed by atoms with Gasteiger partial charge in [0.25, 0.3) is 0 Å². The molecule has 0 aliphatic carbocycles. The molecule has 1 saturated heterocycles. The van der Waals surface area contributed by atoms with Gasteiger partial charge in [-0.2, -0.15) is 11.8 Å². The van der Waals surface area contributed by atoms with E-state index < -0.39 is 0 Å². The summed E-state index contributed by atoms with van der Waals surface area (Å²) in [6.45, 7) is 3.73. The predicted molar refractivity (Wildman–Crippen MR) is 116 cm³/mol. The van der Waals surface area contributed by atoms with E-state index in [1.54, 1.807) is 14.2 Å². The van der Waals surface area contributed by atoms with Crippen LogP contribution < -0.4 is 20.3 Å². The summed E-state index contributed by atoms with van der Waals surface area (Å²) >= 11 is 2.04. The summed E-state index contributed by atoms with van der Waals surface area (Å²) < 4.78 is 5.27. The first kappa shape index (κ1) is 19.4. The molecule has 1 heterocycles. The van der Waals surface area contributed by atoms with E-state index in [2.05, 4.69) is 50.9 Å². The molecule has 0 saturated carbocycles. The smallest absolute Gasteiger partial charge is 0.191 e. The van der Waals surface area contributed by atoms with Crippen LogP contribution in [-0.2, 0) is 13.1 Å². The van der Waals surface area contributed by atoms with Crippen molar-refractivity contribution in [2.24, 2.45) is 4.99 Å². The quantitative estimate of drug-likeness (QED) is 0.592. The highest BCUT2D eigenvalue weighted by Crippen LogP contribution is 2.19. The van der Waals surface area contributed by atoms with Crippen LogP contribution in [0.1, 0.15) is 11.1 Å². The predicted octanol–water partition coefficient (Wildman–Crippen LogP) is 3.11. The summed E-state index contributed by atoms with van der Waals surface area (Å²) in [6.07, 6.45) is 0. The van der Waals surface area contributed by atoms with Crippen molar-refractivity contribution in [1.82, 2.24) is 10.6 Å². The highest BCUT2D eigenvalue weighted by molar-refractivity contribution is 7.99. The van der Waals surface area contributed by atoms with Gasteiger partial charge >= 0.3 is 0 Å². The summed E-state index contributed by atoms with van der Waals surface area (Å²) in [6, 6.07) is 16.9. The van der Waals surface area contributed by atoms with Crippen LogP contribution in [0.2, 0.25) is 0 Å². The molecule has 2 aromatic carbocycles. The fourth-order valence-electron chi connectivity index (χ4n) is 3.02. The van der Waals surface area contributed by atoms with Crippen LogP contribution in [0.15, 0.2) is 53.5 Å². The Kier molecular flexibility index (Phi) is 7.27. The summed E-state index contributed by atoms with van der Waals surface area (Å²) in [4.78, 5) is 6.77. The number of hydrogen-bond donors (Lipinski definition) is 2. The van der Waals surface area contributed by atoms with Gasteiger partial charge in [-0.15, -0.1) is 0 Å². The number of rotatable bonds is 6. The van der Waals surface area contributed by atoms with Crippen LogP contribution >= 0.6 is 11.8 Å². The van der Waals surface area contributed by atoms with Gasteiger partial charge < -0.3 is 20.3 Å². The van der Waals surface area contributed by atoms with Gasteiger partial charge in [0, 0.05) is 50.4 Å². The molecule has 27 heavy (non-hydrogen) atoms. The Labute approximate surface area is 166 Å². The van der Waals surface area contributed by atoms with Crippen LogP contribution in [0, 0.1) is 0 Å². The molecule has 5 nitrogen and oxygen atoms in total. The highest BCUT2D eigenvalue weighted by Gasteiger charge is 2.10. The van der Waals surface area contributed by atoms with Crippen LogP contribution in [-0.4, -0.2) is 44.7 Å². The molecule has 0 radical (unpaired) electrons. The van der Waals surface area contributed by atoms with E-state index in [1.807, 2.05) is 30.0 Å². The maximum absolute atomic E-state index is 5.27. The second kappa shape index (κ2) is 10.1. The lowest BCUT2D eigenvalue weighted by atomic mass is 10.2. The maximum atomic E-state index is 5.27. The van der Waals surface area contributed by atoms with Crippen molar-refractivity contribution >= 4 is 23.4 Å². The Bertz CT molecular complexity index is 742. The van der Waals surface area contributed by atoms with E-state index in [9.17, 15) is 0 Å². The minimum Gasteiger partial charge on any atom is -0.497 e. The van der Waals surface area contributed by atoms with Crippen molar-refractivity contribution in [2.75, 3.05) is 43.7 Å². The molecule has 0 unspecified atom stereocenters. The van der Waals surface area contributed by atoms with Gasteiger partial charge in [-0.1, -0.05) is 24.3 Å². The average molecular weight is 385 g/mol. The second-order valence-electron chi connectivity index (χ2n) is 6.40. The van der Waals surface area contributed by atoms with Crippen LogP contribution in [0.4, 0.5) is 5.69 Å². The zero-order valence-electron chi connectivity index (χ0n) is 16.1. The first-order valence-electron chi connectivity index (χ1n) is 9.27. The monoisotopic (exact) mass is 384 g/mol.